The van der Waals surface area contributed by atoms with Crippen LogP contribution in [0.3, 0.4) is 0 Å². The van der Waals surface area contributed by atoms with E-state index in [1.165, 1.54) is 0 Å². The Labute approximate surface area is 103 Å². The summed E-state index contributed by atoms with van der Waals surface area (Å²) in [5.41, 5.74) is -0.0285. The zero-order chi connectivity index (χ0) is 11.6. The lowest BCUT2D eigenvalue weighted by Gasteiger charge is -2.22. The second-order valence-corrected chi connectivity index (χ2v) is 4.73. The van der Waals surface area contributed by atoms with Gasteiger partial charge in [0.1, 0.15) is 10.2 Å². The lowest BCUT2D eigenvalue weighted by molar-refractivity contribution is -0.133. The van der Waals surface area contributed by atoms with Crippen LogP contribution in [0.5, 0.6) is 0 Å². The first-order valence-electron chi connectivity index (χ1n) is 5.18. The van der Waals surface area contributed by atoms with Crippen LogP contribution in [0.15, 0.2) is 22.9 Å². The van der Waals surface area contributed by atoms with E-state index in [9.17, 15) is 4.79 Å². The fourth-order valence-corrected chi connectivity index (χ4v) is 2.04. The molecule has 2 rings (SSSR count). The lowest BCUT2D eigenvalue weighted by Crippen LogP contribution is -2.39. The third-order valence-electron chi connectivity index (χ3n) is 2.71. The molecule has 1 aliphatic rings. The van der Waals surface area contributed by atoms with Crippen molar-refractivity contribution in [2.45, 2.75) is 25.4 Å². The quantitative estimate of drug-likeness (QED) is 0.849. The minimum atomic E-state index is -0.699. The Hall–Kier alpha value is -0.940. The predicted octanol–water partition coefficient (Wildman–Crippen LogP) is 2.35. The van der Waals surface area contributed by atoms with Gasteiger partial charge < -0.3 is 10.1 Å². The number of hydrogen-bond acceptors (Lipinski definition) is 3. The van der Waals surface area contributed by atoms with Crippen LogP contribution in [0, 0.1) is 0 Å². The first-order valence-corrected chi connectivity index (χ1v) is 5.97. The number of nitrogens with zero attached hydrogens (tertiary/aromatic N) is 1. The smallest absolute Gasteiger partial charge is 0.256 e. The van der Waals surface area contributed by atoms with Crippen molar-refractivity contribution in [3.63, 3.8) is 0 Å². The summed E-state index contributed by atoms with van der Waals surface area (Å²) in [5.74, 6) is -0.112. The Morgan fingerprint density at radius 2 is 2.50 bits per heavy atom. The molecule has 1 aromatic heterocycles. The molecule has 1 amide bonds. The van der Waals surface area contributed by atoms with Gasteiger partial charge in [0.2, 0.25) is 0 Å². The molecule has 1 unspecified atom stereocenters. The van der Waals surface area contributed by atoms with Crippen molar-refractivity contribution in [1.82, 2.24) is 4.98 Å². The number of carbonyl (C=O) groups excluding carboxylic acids is 1. The summed E-state index contributed by atoms with van der Waals surface area (Å²) in [4.78, 5) is 16.0. The highest BCUT2D eigenvalue weighted by atomic mass is 79.9. The largest absolute Gasteiger partial charge is 0.365 e. The second kappa shape index (κ2) is 4.51. The molecule has 1 atom stereocenters. The molecule has 0 saturated carbocycles. The molecule has 1 fully saturated rings. The molecule has 0 spiro atoms. The van der Waals surface area contributed by atoms with Gasteiger partial charge in [-0.15, -0.1) is 0 Å². The third kappa shape index (κ3) is 2.25. The van der Waals surface area contributed by atoms with Crippen LogP contribution in [-0.4, -0.2) is 23.1 Å². The normalized spacial score (nSPS) is 24.4. The monoisotopic (exact) mass is 284 g/mol. The summed E-state index contributed by atoms with van der Waals surface area (Å²) in [6, 6.07) is 3.57. The van der Waals surface area contributed by atoms with Crippen molar-refractivity contribution >= 4 is 27.5 Å². The molecule has 1 N–H and O–H groups in total. The number of rotatable bonds is 2. The van der Waals surface area contributed by atoms with Gasteiger partial charge in [-0.25, -0.2) is 4.98 Å². The van der Waals surface area contributed by atoms with Crippen molar-refractivity contribution in [3.8, 4) is 0 Å². The van der Waals surface area contributed by atoms with Gasteiger partial charge in [0.15, 0.2) is 0 Å². The number of ether oxygens (including phenoxy) is 1. The highest BCUT2D eigenvalue weighted by Gasteiger charge is 2.37. The number of hydrogen-bond donors (Lipinski definition) is 1. The van der Waals surface area contributed by atoms with E-state index in [0.717, 1.165) is 12.8 Å². The SMILES string of the molecule is CC1(C(=O)Nc2cccnc2Br)CCCO1. The molecule has 0 aromatic carbocycles. The summed E-state index contributed by atoms with van der Waals surface area (Å²) in [7, 11) is 0. The minimum Gasteiger partial charge on any atom is -0.365 e. The van der Waals surface area contributed by atoms with E-state index >= 15 is 0 Å². The highest BCUT2D eigenvalue weighted by Crippen LogP contribution is 2.27. The van der Waals surface area contributed by atoms with Crippen molar-refractivity contribution in [2.75, 3.05) is 11.9 Å². The van der Waals surface area contributed by atoms with Gasteiger partial charge in [-0.3, -0.25) is 4.79 Å². The molecule has 1 saturated heterocycles. The number of amides is 1. The van der Waals surface area contributed by atoms with E-state index in [1.807, 2.05) is 6.92 Å². The number of halogens is 1. The summed E-state index contributed by atoms with van der Waals surface area (Å²) >= 11 is 3.28. The number of nitrogens with one attached hydrogen (secondary N) is 1. The van der Waals surface area contributed by atoms with Crippen molar-refractivity contribution in [2.24, 2.45) is 0 Å². The van der Waals surface area contributed by atoms with Gasteiger partial charge in [-0.2, -0.15) is 0 Å². The van der Waals surface area contributed by atoms with Crippen molar-refractivity contribution in [3.05, 3.63) is 22.9 Å². The Bertz CT molecular complexity index is 403. The maximum absolute atomic E-state index is 12.0. The molecular formula is C11H13BrN2O2. The fourth-order valence-electron chi connectivity index (χ4n) is 1.69. The summed E-state index contributed by atoms with van der Waals surface area (Å²) in [5, 5.41) is 2.82. The van der Waals surface area contributed by atoms with E-state index in [2.05, 4.69) is 26.2 Å². The fraction of sp³-hybridized carbons (Fsp3) is 0.455. The summed E-state index contributed by atoms with van der Waals surface area (Å²) < 4.78 is 6.10. The standard InChI is InChI=1S/C11H13BrN2O2/c1-11(5-3-7-16-11)10(15)14-8-4-2-6-13-9(8)12/h2,4,6H,3,5,7H2,1H3,(H,14,15). The molecule has 86 valence electrons. The van der Waals surface area contributed by atoms with Gasteiger partial charge in [0.05, 0.1) is 5.69 Å². The maximum Gasteiger partial charge on any atom is 0.256 e. The molecule has 2 heterocycles. The van der Waals surface area contributed by atoms with Crippen LogP contribution < -0.4 is 5.32 Å². The minimum absolute atomic E-state index is 0.112. The van der Waals surface area contributed by atoms with Crippen LogP contribution >= 0.6 is 15.9 Å². The second-order valence-electron chi connectivity index (χ2n) is 3.98. The van der Waals surface area contributed by atoms with Crippen LogP contribution in [0.2, 0.25) is 0 Å². The molecule has 0 radical (unpaired) electrons. The Kier molecular flexibility index (Phi) is 3.25. The lowest BCUT2D eigenvalue weighted by atomic mass is 10.0. The van der Waals surface area contributed by atoms with Crippen LogP contribution in [0.1, 0.15) is 19.8 Å². The van der Waals surface area contributed by atoms with E-state index in [4.69, 9.17) is 4.74 Å². The van der Waals surface area contributed by atoms with E-state index < -0.39 is 5.60 Å². The van der Waals surface area contributed by atoms with Gasteiger partial charge in [-0.1, -0.05) is 0 Å². The predicted molar refractivity (Wildman–Crippen MR) is 64.2 cm³/mol. The average molecular weight is 285 g/mol. The molecular weight excluding hydrogens is 272 g/mol. The first kappa shape index (κ1) is 11.5. The molecule has 4 nitrogen and oxygen atoms in total. The Morgan fingerprint density at radius 1 is 1.69 bits per heavy atom. The molecule has 1 aliphatic heterocycles. The van der Waals surface area contributed by atoms with Crippen LogP contribution in [-0.2, 0) is 9.53 Å². The number of carbonyl (C=O) groups is 1. The number of anilines is 1. The van der Waals surface area contributed by atoms with Gasteiger partial charge in [0.25, 0.3) is 5.91 Å². The zero-order valence-electron chi connectivity index (χ0n) is 9.00. The molecule has 1 aromatic rings. The van der Waals surface area contributed by atoms with E-state index in [-0.39, 0.29) is 5.91 Å². The van der Waals surface area contributed by atoms with Gasteiger partial charge in [0, 0.05) is 12.8 Å². The van der Waals surface area contributed by atoms with Crippen molar-refractivity contribution < 1.29 is 9.53 Å². The maximum atomic E-state index is 12.0. The third-order valence-corrected chi connectivity index (χ3v) is 3.34. The average Bonchev–Trinajstić information content (AvgIpc) is 2.70. The number of aromatic nitrogens is 1. The first-order chi connectivity index (χ1) is 7.62. The Balaban J connectivity index is 2.10. The topological polar surface area (TPSA) is 51.2 Å². The zero-order valence-corrected chi connectivity index (χ0v) is 10.6. The molecule has 16 heavy (non-hydrogen) atoms. The Morgan fingerprint density at radius 3 is 3.12 bits per heavy atom. The molecule has 5 heteroatoms. The van der Waals surface area contributed by atoms with Gasteiger partial charge >= 0.3 is 0 Å². The van der Waals surface area contributed by atoms with E-state index in [0.29, 0.717) is 16.9 Å². The summed E-state index contributed by atoms with van der Waals surface area (Å²) in [6.45, 7) is 2.47. The highest BCUT2D eigenvalue weighted by molar-refractivity contribution is 9.10. The molecule has 0 bridgehead atoms. The summed E-state index contributed by atoms with van der Waals surface area (Å²) in [6.07, 6.45) is 3.35. The van der Waals surface area contributed by atoms with Crippen LogP contribution in [0.25, 0.3) is 0 Å². The van der Waals surface area contributed by atoms with Crippen LogP contribution in [0.4, 0.5) is 5.69 Å². The molecule has 0 aliphatic carbocycles. The number of pyridine rings is 1. The van der Waals surface area contributed by atoms with E-state index in [1.54, 1.807) is 18.3 Å². The van der Waals surface area contributed by atoms with Crippen molar-refractivity contribution in [1.29, 1.82) is 0 Å². The van der Waals surface area contributed by atoms with Gasteiger partial charge in [-0.05, 0) is 47.8 Å².